The van der Waals surface area contributed by atoms with Crippen molar-refractivity contribution in [2.45, 2.75) is 26.4 Å². The molecule has 0 aromatic carbocycles. The van der Waals surface area contributed by atoms with Gasteiger partial charge in [0.25, 0.3) is 0 Å². The van der Waals surface area contributed by atoms with E-state index in [1.165, 1.54) is 0 Å². The number of hydrogen-bond acceptors (Lipinski definition) is 4. The first-order valence-electron chi connectivity index (χ1n) is 4.59. The molecule has 2 heterocycles. The van der Waals surface area contributed by atoms with E-state index in [-0.39, 0.29) is 0 Å². The van der Waals surface area contributed by atoms with Gasteiger partial charge in [0, 0.05) is 17.2 Å². The number of hydrogen-bond donors (Lipinski definition) is 1. The van der Waals surface area contributed by atoms with E-state index < -0.39 is 0 Å². The van der Waals surface area contributed by atoms with Crippen LogP contribution in [0.3, 0.4) is 0 Å². The minimum Gasteiger partial charge on any atom is -0.362 e. The first kappa shape index (κ1) is 9.98. The Balaban J connectivity index is 1.93. The van der Waals surface area contributed by atoms with Crippen molar-refractivity contribution in [3.8, 4) is 0 Å². The summed E-state index contributed by atoms with van der Waals surface area (Å²) in [6, 6.07) is 0.552. The highest BCUT2D eigenvalue weighted by Gasteiger charge is 2.14. The van der Waals surface area contributed by atoms with Crippen LogP contribution in [0.4, 0.5) is 0 Å². The molecule has 14 heavy (non-hydrogen) atoms. The molecule has 0 spiro atoms. The molecule has 0 amide bonds. The summed E-state index contributed by atoms with van der Waals surface area (Å²) in [5.74, 6) is 1.12. The Bertz CT molecular complexity index is 346. The maximum absolute atomic E-state index is 4.47. The van der Waals surface area contributed by atoms with Gasteiger partial charge in [-0.1, -0.05) is 11.8 Å². The van der Waals surface area contributed by atoms with Gasteiger partial charge >= 0.3 is 0 Å². The number of thiazole rings is 1. The van der Waals surface area contributed by atoms with Gasteiger partial charge < -0.3 is 5.32 Å². The number of aliphatic imine (C=N–C) groups is 1. The maximum atomic E-state index is 4.47. The highest BCUT2D eigenvalue weighted by molar-refractivity contribution is 8.14. The SMILES string of the molecule is Cc1nc(CN=C2NC(C)CS2)cs1. The van der Waals surface area contributed by atoms with E-state index in [9.17, 15) is 0 Å². The van der Waals surface area contributed by atoms with E-state index in [2.05, 4.69) is 27.6 Å². The van der Waals surface area contributed by atoms with Gasteiger partial charge in [0.05, 0.1) is 17.2 Å². The Hall–Kier alpha value is -0.550. The van der Waals surface area contributed by atoms with Gasteiger partial charge in [-0.15, -0.1) is 11.3 Å². The third kappa shape index (κ3) is 2.48. The highest BCUT2D eigenvalue weighted by atomic mass is 32.2. The summed E-state index contributed by atoms with van der Waals surface area (Å²) in [6.07, 6.45) is 0. The zero-order valence-electron chi connectivity index (χ0n) is 8.28. The van der Waals surface area contributed by atoms with E-state index in [1.54, 1.807) is 23.1 Å². The van der Waals surface area contributed by atoms with Crippen LogP contribution in [-0.2, 0) is 6.54 Å². The molecule has 0 bridgehead atoms. The molecule has 1 atom stereocenters. The summed E-state index contributed by atoms with van der Waals surface area (Å²) in [7, 11) is 0. The van der Waals surface area contributed by atoms with Crippen molar-refractivity contribution in [1.29, 1.82) is 0 Å². The van der Waals surface area contributed by atoms with Crippen LogP contribution in [0.5, 0.6) is 0 Å². The molecule has 1 saturated heterocycles. The van der Waals surface area contributed by atoms with Crippen LogP contribution in [0.2, 0.25) is 0 Å². The largest absolute Gasteiger partial charge is 0.362 e. The van der Waals surface area contributed by atoms with E-state index in [0.29, 0.717) is 12.6 Å². The quantitative estimate of drug-likeness (QED) is 0.840. The zero-order valence-corrected chi connectivity index (χ0v) is 9.91. The van der Waals surface area contributed by atoms with Crippen LogP contribution in [0.15, 0.2) is 10.4 Å². The molecule has 0 radical (unpaired) electrons. The Kier molecular flexibility index (Phi) is 3.08. The average molecular weight is 227 g/mol. The lowest BCUT2D eigenvalue weighted by molar-refractivity contribution is 0.764. The molecule has 76 valence electrons. The molecule has 1 aliphatic heterocycles. The van der Waals surface area contributed by atoms with Gasteiger partial charge in [0.15, 0.2) is 5.17 Å². The minimum absolute atomic E-state index is 0.552. The van der Waals surface area contributed by atoms with Crippen LogP contribution >= 0.6 is 23.1 Å². The third-order valence-electron chi connectivity index (χ3n) is 1.89. The van der Waals surface area contributed by atoms with Gasteiger partial charge in [-0.25, -0.2) is 4.98 Å². The zero-order chi connectivity index (χ0) is 9.97. The normalized spacial score (nSPS) is 24.1. The lowest BCUT2D eigenvalue weighted by atomic mass is 10.4. The standard InChI is InChI=1S/C9H13N3S2/c1-6-4-14-9(11-6)10-3-8-5-13-7(2)12-8/h5-6H,3-4H2,1-2H3,(H,10,11). The smallest absolute Gasteiger partial charge is 0.157 e. The fourth-order valence-electron chi connectivity index (χ4n) is 1.22. The molecular formula is C9H13N3S2. The summed E-state index contributed by atoms with van der Waals surface area (Å²) in [4.78, 5) is 8.83. The second-order valence-electron chi connectivity index (χ2n) is 3.34. The Morgan fingerprint density at radius 2 is 2.57 bits per heavy atom. The minimum atomic E-state index is 0.552. The number of nitrogens with one attached hydrogen (secondary N) is 1. The second-order valence-corrected chi connectivity index (χ2v) is 5.41. The lowest BCUT2D eigenvalue weighted by Gasteiger charge is -1.99. The third-order valence-corrected chi connectivity index (χ3v) is 3.90. The molecule has 1 N–H and O–H groups in total. The number of thioether (sulfide) groups is 1. The van der Waals surface area contributed by atoms with Gasteiger partial charge in [-0.05, 0) is 13.8 Å². The fraction of sp³-hybridized carbons (Fsp3) is 0.556. The summed E-state index contributed by atoms with van der Waals surface area (Å²) >= 11 is 3.47. The molecule has 1 unspecified atom stereocenters. The molecular weight excluding hydrogens is 214 g/mol. The Morgan fingerprint density at radius 1 is 1.71 bits per heavy atom. The number of aryl methyl sites for hydroxylation is 1. The first-order valence-corrected chi connectivity index (χ1v) is 6.45. The molecule has 1 aromatic rings. The monoisotopic (exact) mass is 227 g/mol. The fourth-order valence-corrected chi connectivity index (χ4v) is 2.76. The van der Waals surface area contributed by atoms with E-state index in [1.807, 2.05) is 6.92 Å². The van der Waals surface area contributed by atoms with E-state index in [0.717, 1.165) is 21.6 Å². The summed E-state index contributed by atoms with van der Waals surface area (Å²) in [5.41, 5.74) is 1.07. The van der Waals surface area contributed by atoms with Crippen LogP contribution in [-0.4, -0.2) is 21.9 Å². The van der Waals surface area contributed by atoms with Crippen molar-refractivity contribution < 1.29 is 0 Å². The van der Waals surface area contributed by atoms with E-state index >= 15 is 0 Å². The Morgan fingerprint density at radius 3 is 3.14 bits per heavy atom. The first-order chi connectivity index (χ1) is 6.74. The molecule has 0 aliphatic carbocycles. The van der Waals surface area contributed by atoms with Gasteiger partial charge in [0.1, 0.15) is 0 Å². The average Bonchev–Trinajstić information content (AvgIpc) is 2.72. The lowest BCUT2D eigenvalue weighted by Crippen LogP contribution is -2.23. The molecule has 2 rings (SSSR count). The number of rotatable bonds is 2. The van der Waals surface area contributed by atoms with Gasteiger partial charge in [-0.3, -0.25) is 4.99 Å². The Labute approximate surface area is 92.0 Å². The molecule has 1 fully saturated rings. The van der Waals surface area contributed by atoms with Crippen molar-refractivity contribution >= 4 is 28.3 Å². The summed E-state index contributed by atoms with van der Waals surface area (Å²) in [6.45, 7) is 4.89. The van der Waals surface area contributed by atoms with Crippen molar-refractivity contribution in [2.75, 3.05) is 5.75 Å². The van der Waals surface area contributed by atoms with Crippen molar-refractivity contribution in [2.24, 2.45) is 4.99 Å². The predicted molar refractivity (Wildman–Crippen MR) is 63.0 cm³/mol. The summed E-state index contributed by atoms with van der Waals surface area (Å²) in [5, 5.41) is 7.56. The van der Waals surface area contributed by atoms with Gasteiger partial charge in [-0.2, -0.15) is 0 Å². The van der Waals surface area contributed by atoms with Crippen LogP contribution in [0.1, 0.15) is 17.6 Å². The molecule has 1 aromatic heterocycles. The number of aromatic nitrogens is 1. The predicted octanol–water partition coefficient (Wildman–Crippen LogP) is 2.03. The van der Waals surface area contributed by atoms with Crippen molar-refractivity contribution in [3.05, 3.63) is 16.1 Å². The number of amidine groups is 1. The van der Waals surface area contributed by atoms with E-state index in [4.69, 9.17) is 0 Å². The molecule has 0 saturated carbocycles. The topological polar surface area (TPSA) is 37.3 Å². The second kappa shape index (κ2) is 4.31. The summed E-state index contributed by atoms with van der Waals surface area (Å²) < 4.78 is 0. The molecule has 1 aliphatic rings. The van der Waals surface area contributed by atoms with Crippen molar-refractivity contribution in [1.82, 2.24) is 10.3 Å². The van der Waals surface area contributed by atoms with Crippen LogP contribution in [0.25, 0.3) is 0 Å². The van der Waals surface area contributed by atoms with Crippen LogP contribution < -0.4 is 5.32 Å². The highest BCUT2D eigenvalue weighted by Crippen LogP contribution is 2.15. The molecule has 3 nitrogen and oxygen atoms in total. The van der Waals surface area contributed by atoms with Gasteiger partial charge in [0.2, 0.25) is 0 Å². The maximum Gasteiger partial charge on any atom is 0.157 e. The number of nitrogens with zero attached hydrogens (tertiary/aromatic N) is 2. The van der Waals surface area contributed by atoms with Crippen molar-refractivity contribution in [3.63, 3.8) is 0 Å². The van der Waals surface area contributed by atoms with Crippen LogP contribution in [0, 0.1) is 6.92 Å². The molecule has 5 heteroatoms.